The molecule has 1 aromatic carbocycles. The first-order chi connectivity index (χ1) is 11.1. The van der Waals surface area contributed by atoms with E-state index in [1.165, 1.54) is 6.26 Å². The first-order valence-electron chi connectivity index (χ1n) is 6.97. The van der Waals surface area contributed by atoms with Crippen molar-refractivity contribution in [3.8, 4) is 6.07 Å². The van der Waals surface area contributed by atoms with Crippen molar-refractivity contribution in [2.75, 3.05) is 5.32 Å². The van der Waals surface area contributed by atoms with Crippen LogP contribution >= 0.6 is 0 Å². The highest BCUT2D eigenvalue weighted by atomic mass is 16.3. The number of hydrogen-bond donors (Lipinski definition) is 3. The Morgan fingerprint density at radius 3 is 2.74 bits per heavy atom. The number of benzene rings is 1. The zero-order valence-corrected chi connectivity index (χ0v) is 12.5. The minimum Gasteiger partial charge on any atom is -0.467 e. The lowest BCUT2D eigenvalue weighted by Crippen LogP contribution is -2.46. The second-order valence-corrected chi connectivity index (χ2v) is 4.77. The molecule has 3 N–H and O–H groups in total. The molecule has 0 aliphatic heterocycles. The normalized spacial score (nSPS) is 11.1. The molecule has 1 unspecified atom stereocenters. The van der Waals surface area contributed by atoms with Crippen molar-refractivity contribution in [1.29, 1.82) is 5.26 Å². The molecule has 0 aliphatic carbocycles. The molecule has 1 aromatic heterocycles. The smallest absolute Gasteiger partial charge is 0.319 e. The minimum absolute atomic E-state index is 0.247. The zero-order chi connectivity index (χ0) is 16.7. The van der Waals surface area contributed by atoms with E-state index in [4.69, 9.17) is 9.68 Å². The number of nitriles is 1. The lowest BCUT2D eigenvalue weighted by molar-refractivity contribution is -0.122. The largest absolute Gasteiger partial charge is 0.467 e. The van der Waals surface area contributed by atoms with Crippen LogP contribution in [0.1, 0.15) is 18.2 Å². The molecule has 0 spiro atoms. The summed E-state index contributed by atoms with van der Waals surface area (Å²) < 4.78 is 5.10. The molecule has 7 nitrogen and oxygen atoms in total. The molecule has 0 saturated heterocycles. The van der Waals surface area contributed by atoms with Gasteiger partial charge in [-0.3, -0.25) is 4.79 Å². The van der Waals surface area contributed by atoms with Crippen molar-refractivity contribution < 1.29 is 14.0 Å². The Labute approximate surface area is 133 Å². The van der Waals surface area contributed by atoms with Gasteiger partial charge < -0.3 is 20.4 Å². The summed E-state index contributed by atoms with van der Waals surface area (Å²) in [7, 11) is 0. The maximum atomic E-state index is 11.9. The number of nitrogens with one attached hydrogen (secondary N) is 3. The van der Waals surface area contributed by atoms with Crippen LogP contribution in [0.2, 0.25) is 0 Å². The number of carbonyl (C=O) groups is 2. The zero-order valence-electron chi connectivity index (χ0n) is 12.5. The second kappa shape index (κ2) is 7.66. The van der Waals surface area contributed by atoms with Crippen LogP contribution in [0.15, 0.2) is 47.1 Å². The van der Waals surface area contributed by atoms with Gasteiger partial charge >= 0.3 is 6.03 Å². The van der Waals surface area contributed by atoms with Crippen LogP contribution in [0.3, 0.4) is 0 Å². The Morgan fingerprint density at radius 1 is 1.26 bits per heavy atom. The summed E-state index contributed by atoms with van der Waals surface area (Å²) >= 11 is 0. The Kier molecular flexibility index (Phi) is 5.36. The predicted octanol–water partition coefficient (Wildman–Crippen LogP) is 1.98. The summed E-state index contributed by atoms with van der Waals surface area (Å²) in [5.41, 5.74) is 0.730. The van der Waals surface area contributed by atoms with E-state index in [0.717, 1.165) is 0 Å². The molecular weight excluding hydrogens is 296 g/mol. The summed E-state index contributed by atoms with van der Waals surface area (Å²) in [6.45, 7) is 1.81. The fraction of sp³-hybridized carbons (Fsp3) is 0.188. The summed E-state index contributed by atoms with van der Waals surface area (Å²) in [4.78, 5) is 23.8. The highest BCUT2D eigenvalue weighted by molar-refractivity contribution is 5.94. The molecule has 2 rings (SSSR count). The van der Waals surface area contributed by atoms with E-state index in [1.54, 1.807) is 43.3 Å². The minimum atomic E-state index is -0.737. The van der Waals surface area contributed by atoms with Gasteiger partial charge in [0, 0.05) is 0 Å². The Balaban J connectivity index is 1.84. The lowest BCUT2D eigenvalue weighted by Gasteiger charge is -2.14. The molecule has 0 fully saturated rings. The number of urea groups is 1. The number of anilines is 1. The first kappa shape index (κ1) is 16.1. The maximum Gasteiger partial charge on any atom is 0.319 e. The molecule has 0 bridgehead atoms. The van der Waals surface area contributed by atoms with Gasteiger partial charge in [0.05, 0.1) is 24.1 Å². The van der Waals surface area contributed by atoms with Crippen LogP contribution in [0, 0.1) is 11.3 Å². The van der Waals surface area contributed by atoms with Crippen molar-refractivity contribution in [3.05, 3.63) is 54.0 Å². The van der Waals surface area contributed by atoms with Crippen LogP contribution in [-0.4, -0.2) is 18.0 Å². The van der Waals surface area contributed by atoms with Gasteiger partial charge in [-0.2, -0.15) is 5.26 Å². The topological polar surface area (TPSA) is 107 Å². The Morgan fingerprint density at radius 2 is 2.04 bits per heavy atom. The number of nitrogens with zero attached hydrogens (tertiary/aromatic N) is 1. The molecule has 1 atom stereocenters. The van der Waals surface area contributed by atoms with Crippen LogP contribution in [-0.2, 0) is 11.3 Å². The van der Waals surface area contributed by atoms with E-state index in [0.29, 0.717) is 17.0 Å². The van der Waals surface area contributed by atoms with Crippen molar-refractivity contribution in [2.24, 2.45) is 0 Å². The molecule has 2 aromatic rings. The molecule has 0 saturated carbocycles. The molecule has 23 heavy (non-hydrogen) atoms. The van der Waals surface area contributed by atoms with E-state index in [9.17, 15) is 9.59 Å². The van der Waals surface area contributed by atoms with E-state index in [1.807, 2.05) is 6.07 Å². The Hall–Kier alpha value is -3.27. The second-order valence-electron chi connectivity index (χ2n) is 4.77. The number of carbonyl (C=O) groups excluding carboxylic acids is 2. The van der Waals surface area contributed by atoms with Gasteiger partial charge in [-0.05, 0) is 31.2 Å². The van der Waals surface area contributed by atoms with Crippen LogP contribution in [0.4, 0.5) is 10.5 Å². The third kappa shape index (κ3) is 4.61. The van der Waals surface area contributed by atoms with E-state index >= 15 is 0 Å². The predicted molar refractivity (Wildman–Crippen MR) is 83.3 cm³/mol. The molecular formula is C16H16N4O3. The quantitative estimate of drug-likeness (QED) is 0.784. The SMILES string of the molecule is CC(NC(=O)Nc1ccccc1C#N)C(=O)NCc1ccco1. The Bertz CT molecular complexity index is 719. The maximum absolute atomic E-state index is 11.9. The van der Waals surface area contributed by atoms with Gasteiger partial charge in [-0.1, -0.05) is 12.1 Å². The third-order valence-corrected chi connectivity index (χ3v) is 3.05. The highest BCUT2D eigenvalue weighted by Gasteiger charge is 2.16. The molecule has 7 heteroatoms. The van der Waals surface area contributed by atoms with Gasteiger partial charge in [-0.25, -0.2) is 4.79 Å². The molecule has 0 radical (unpaired) electrons. The molecule has 1 heterocycles. The van der Waals surface area contributed by atoms with Crippen LogP contribution in [0.5, 0.6) is 0 Å². The average Bonchev–Trinajstić information content (AvgIpc) is 3.06. The van der Waals surface area contributed by atoms with E-state index in [-0.39, 0.29) is 12.5 Å². The molecule has 3 amide bonds. The molecule has 0 aliphatic rings. The number of rotatable bonds is 5. The van der Waals surface area contributed by atoms with E-state index < -0.39 is 12.1 Å². The summed E-state index contributed by atoms with van der Waals surface area (Å²) in [6.07, 6.45) is 1.52. The van der Waals surface area contributed by atoms with Gasteiger partial charge in [0.15, 0.2) is 0 Å². The van der Waals surface area contributed by atoms with Gasteiger partial charge in [0.2, 0.25) is 5.91 Å². The number of para-hydroxylation sites is 1. The van der Waals surface area contributed by atoms with Crippen molar-refractivity contribution in [3.63, 3.8) is 0 Å². The average molecular weight is 312 g/mol. The van der Waals surface area contributed by atoms with E-state index in [2.05, 4.69) is 16.0 Å². The van der Waals surface area contributed by atoms with Crippen molar-refractivity contribution >= 4 is 17.6 Å². The first-order valence-corrected chi connectivity index (χ1v) is 6.97. The summed E-state index contributed by atoms with van der Waals surface area (Å²) in [5.74, 6) is 0.281. The summed E-state index contributed by atoms with van der Waals surface area (Å²) in [6, 6.07) is 10.8. The number of furan rings is 1. The van der Waals surface area contributed by atoms with Crippen LogP contribution < -0.4 is 16.0 Å². The summed E-state index contributed by atoms with van der Waals surface area (Å²) in [5, 5.41) is 16.7. The third-order valence-electron chi connectivity index (χ3n) is 3.05. The van der Waals surface area contributed by atoms with Crippen molar-refractivity contribution in [2.45, 2.75) is 19.5 Å². The molecule has 118 valence electrons. The van der Waals surface area contributed by atoms with Crippen molar-refractivity contribution in [1.82, 2.24) is 10.6 Å². The lowest BCUT2D eigenvalue weighted by atomic mass is 10.2. The van der Waals surface area contributed by atoms with Gasteiger partial charge in [-0.15, -0.1) is 0 Å². The number of amides is 3. The van der Waals surface area contributed by atoms with Gasteiger partial charge in [0.25, 0.3) is 0 Å². The fourth-order valence-corrected chi connectivity index (χ4v) is 1.85. The number of hydrogen-bond acceptors (Lipinski definition) is 4. The highest BCUT2D eigenvalue weighted by Crippen LogP contribution is 2.13. The van der Waals surface area contributed by atoms with Crippen LogP contribution in [0.25, 0.3) is 0 Å². The fourth-order valence-electron chi connectivity index (χ4n) is 1.85. The van der Waals surface area contributed by atoms with Gasteiger partial charge in [0.1, 0.15) is 17.9 Å². The standard InChI is InChI=1S/C16H16N4O3/c1-11(15(21)18-10-13-6-4-8-23-13)19-16(22)20-14-7-3-2-5-12(14)9-17/h2-8,11H,10H2,1H3,(H,18,21)(H2,19,20,22). The monoisotopic (exact) mass is 312 g/mol.